The molecule has 2 aromatic heterocycles. The SMILES string of the molecule is O=C(Cc1ccccc1Cl)N1CCc2c(cnc3[nH]ncc23)C1. The molecule has 1 aliphatic rings. The molecule has 0 fully saturated rings. The number of fused-ring (bicyclic) bond motifs is 3. The van der Waals surface area contributed by atoms with Crippen molar-refractivity contribution in [3.63, 3.8) is 0 Å². The zero-order valence-corrected chi connectivity index (χ0v) is 13.2. The molecule has 0 spiro atoms. The molecule has 3 aromatic rings. The maximum absolute atomic E-state index is 12.6. The van der Waals surface area contributed by atoms with Crippen molar-refractivity contribution in [2.45, 2.75) is 19.4 Å². The van der Waals surface area contributed by atoms with Crippen molar-refractivity contribution in [3.05, 3.63) is 58.4 Å². The molecular formula is C17H15ClN4O. The molecule has 23 heavy (non-hydrogen) atoms. The van der Waals surface area contributed by atoms with Crippen LogP contribution in [0.15, 0.2) is 36.7 Å². The Hall–Kier alpha value is -2.40. The Bertz CT molecular complexity index is 889. The lowest BCUT2D eigenvalue weighted by Crippen LogP contribution is -2.37. The van der Waals surface area contributed by atoms with Crippen molar-refractivity contribution >= 4 is 28.5 Å². The number of carbonyl (C=O) groups is 1. The summed E-state index contributed by atoms with van der Waals surface area (Å²) in [6.07, 6.45) is 4.80. The van der Waals surface area contributed by atoms with E-state index in [2.05, 4.69) is 15.2 Å². The van der Waals surface area contributed by atoms with Crippen molar-refractivity contribution < 1.29 is 4.79 Å². The number of amides is 1. The van der Waals surface area contributed by atoms with E-state index in [1.807, 2.05) is 41.6 Å². The highest BCUT2D eigenvalue weighted by atomic mass is 35.5. The fourth-order valence-corrected chi connectivity index (χ4v) is 3.29. The molecule has 1 aromatic carbocycles. The Kier molecular flexibility index (Phi) is 3.50. The van der Waals surface area contributed by atoms with E-state index in [1.165, 1.54) is 5.56 Å². The monoisotopic (exact) mass is 326 g/mol. The molecule has 0 radical (unpaired) electrons. The number of benzene rings is 1. The summed E-state index contributed by atoms with van der Waals surface area (Å²) in [4.78, 5) is 18.8. The highest BCUT2D eigenvalue weighted by molar-refractivity contribution is 6.31. The van der Waals surface area contributed by atoms with Crippen molar-refractivity contribution in [1.29, 1.82) is 0 Å². The molecule has 0 atom stereocenters. The number of hydrogen-bond donors (Lipinski definition) is 1. The number of aromatic nitrogens is 3. The van der Waals surface area contributed by atoms with Crippen LogP contribution in [0.2, 0.25) is 5.02 Å². The van der Waals surface area contributed by atoms with Crippen molar-refractivity contribution in [2.24, 2.45) is 0 Å². The molecule has 116 valence electrons. The normalized spacial score (nSPS) is 14.0. The summed E-state index contributed by atoms with van der Waals surface area (Å²) in [5.74, 6) is 0.0936. The number of carbonyl (C=O) groups excluding carboxylic acids is 1. The Morgan fingerprint density at radius 2 is 2.17 bits per heavy atom. The minimum absolute atomic E-state index is 0.0936. The number of hydrogen-bond acceptors (Lipinski definition) is 3. The number of rotatable bonds is 2. The van der Waals surface area contributed by atoms with Crippen LogP contribution in [0.1, 0.15) is 16.7 Å². The summed E-state index contributed by atoms with van der Waals surface area (Å²) >= 11 is 6.15. The van der Waals surface area contributed by atoms with Gasteiger partial charge in [-0.15, -0.1) is 0 Å². The predicted molar refractivity (Wildman–Crippen MR) is 88.2 cm³/mol. The van der Waals surface area contributed by atoms with E-state index in [0.29, 0.717) is 24.5 Å². The Labute approximate surface area is 138 Å². The van der Waals surface area contributed by atoms with Gasteiger partial charge < -0.3 is 4.90 Å². The molecule has 0 unspecified atom stereocenters. The third kappa shape index (κ3) is 2.57. The zero-order chi connectivity index (χ0) is 15.8. The highest BCUT2D eigenvalue weighted by Crippen LogP contribution is 2.25. The van der Waals surface area contributed by atoms with Gasteiger partial charge in [0, 0.05) is 29.7 Å². The first kappa shape index (κ1) is 14.2. The lowest BCUT2D eigenvalue weighted by atomic mass is 9.98. The smallest absolute Gasteiger partial charge is 0.227 e. The minimum Gasteiger partial charge on any atom is -0.338 e. The second-order valence-corrected chi connectivity index (χ2v) is 6.13. The topological polar surface area (TPSA) is 61.9 Å². The van der Waals surface area contributed by atoms with E-state index in [0.717, 1.165) is 28.6 Å². The van der Waals surface area contributed by atoms with Crippen molar-refractivity contribution in [2.75, 3.05) is 6.54 Å². The van der Waals surface area contributed by atoms with Crippen LogP contribution in [-0.4, -0.2) is 32.5 Å². The molecule has 0 saturated heterocycles. The van der Waals surface area contributed by atoms with E-state index < -0.39 is 0 Å². The lowest BCUT2D eigenvalue weighted by Gasteiger charge is -2.29. The van der Waals surface area contributed by atoms with Gasteiger partial charge in [-0.05, 0) is 29.2 Å². The van der Waals surface area contributed by atoms with Gasteiger partial charge in [0.15, 0.2) is 5.65 Å². The van der Waals surface area contributed by atoms with Crippen LogP contribution >= 0.6 is 11.6 Å². The van der Waals surface area contributed by atoms with E-state index in [1.54, 1.807) is 0 Å². The summed E-state index contributed by atoms with van der Waals surface area (Å²) in [6, 6.07) is 7.48. The fraction of sp³-hybridized carbons (Fsp3) is 0.235. The zero-order valence-electron chi connectivity index (χ0n) is 12.4. The number of aromatic amines is 1. The van der Waals surface area contributed by atoms with Crippen LogP contribution in [0.4, 0.5) is 0 Å². The van der Waals surface area contributed by atoms with Crippen LogP contribution < -0.4 is 0 Å². The maximum atomic E-state index is 12.6. The molecule has 4 rings (SSSR count). The summed E-state index contributed by atoms with van der Waals surface area (Å²) in [6.45, 7) is 1.30. The average molecular weight is 327 g/mol. The van der Waals surface area contributed by atoms with Gasteiger partial charge >= 0.3 is 0 Å². The third-order valence-corrected chi connectivity index (χ3v) is 4.70. The van der Waals surface area contributed by atoms with Crippen LogP contribution in [0.25, 0.3) is 11.0 Å². The molecule has 0 bridgehead atoms. The number of pyridine rings is 1. The number of nitrogens with one attached hydrogen (secondary N) is 1. The molecular weight excluding hydrogens is 312 g/mol. The van der Waals surface area contributed by atoms with Gasteiger partial charge in [-0.3, -0.25) is 9.89 Å². The number of halogens is 1. The first-order valence-corrected chi connectivity index (χ1v) is 7.91. The van der Waals surface area contributed by atoms with E-state index in [-0.39, 0.29) is 5.91 Å². The van der Waals surface area contributed by atoms with Gasteiger partial charge in [0.2, 0.25) is 5.91 Å². The first-order chi connectivity index (χ1) is 11.2. The van der Waals surface area contributed by atoms with Gasteiger partial charge in [0.25, 0.3) is 0 Å². The van der Waals surface area contributed by atoms with Crippen molar-refractivity contribution in [3.8, 4) is 0 Å². The van der Waals surface area contributed by atoms with Gasteiger partial charge in [-0.25, -0.2) is 4.98 Å². The van der Waals surface area contributed by atoms with Crippen LogP contribution in [0.3, 0.4) is 0 Å². The fourth-order valence-electron chi connectivity index (χ4n) is 3.08. The molecule has 1 amide bonds. The molecule has 3 heterocycles. The quantitative estimate of drug-likeness (QED) is 0.787. The first-order valence-electron chi connectivity index (χ1n) is 7.53. The third-order valence-electron chi connectivity index (χ3n) is 4.33. The largest absolute Gasteiger partial charge is 0.338 e. The molecule has 5 nitrogen and oxygen atoms in total. The standard InChI is InChI=1S/C17H15ClN4O/c18-15-4-2-1-3-11(15)7-16(23)22-6-5-13-12(10-22)8-19-17-14(13)9-20-21-17/h1-4,8-9H,5-7,10H2,(H,19,20,21). The summed E-state index contributed by atoms with van der Waals surface area (Å²) in [7, 11) is 0. The van der Waals surface area contributed by atoms with Gasteiger partial charge in [0.05, 0.1) is 12.6 Å². The summed E-state index contributed by atoms with van der Waals surface area (Å²) in [5, 5.41) is 8.63. The number of nitrogens with zero attached hydrogens (tertiary/aromatic N) is 3. The van der Waals surface area contributed by atoms with Crippen molar-refractivity contribution in [1.82, 2.24) is 20.1 Å². The van der Waals surface area contributed by atoms with Crippen LogP contribution in [0.5, 0.6) is 0 Å². The minimum atomic E-state index is 0.0936. The van der Waals surface area contributed by atoms with Crippen LogP contribution in [0, 0.1) is 0 Å². The highest BCUT2D eigenvalue weighted by Gasteiger charge is 2.23. The second-order valence-electron chi connectivity index (χ2n) is 5.73. The molecule has 0 aliphatic carbocycles. The van der Waals surface area contributed by atoms with E-state index in [9.17, 15) is 4.79 Å². The van der Waals surface area contributed by atoms with Crippen LogP contribution in [-0.2, 0) is 24.2 Å². The molecule has 6 heteroatoms. The molecule has 1 aliphatic heterocycles. The average Bonchev–Trinajstić information content (AvgIpc) is 3.05. The summed E-state index contributed by atoms with van der Waals surface area (Å²) in [5.41, 5.74) is 4.01. The molecule has 1 N–H and O–H groups in total. The van der Waals surface area contributed by atoms with E-state index in [4.69, 9.17) is 11.6 Å². The van der Waals surface area contributed by atoms with E-state index >= 15 is 0 Å². The van der Waals surface area contributed by atoms with Gasteiger partial charge in [-0.1, -0.05) is 29.8 Å². The number of H-pyrrole nitrogens is 1. The lowest BCUT2D eigenvalue weighted by molar-refractivity contribution is -0.131. The maximum Gasteiger partial charge on any atom is 0.227 e. The Balaban J connectivity index is 1.56. The summed E-state index contributed by atoms with van der Waals surface area (Å²) < 4.78 is 0. The predicted octanol–water partition coefficient (Wildman–Crippen LogP) is 2.74. The van der Waals surface area contributed by atoms with Gasteiger partial charge in [0.1, 0.15) is 0 Å². The Morgan fingerprint density at radius 3 is 3.04 bits per heavy atom. The molecule has 0 saturated carbocycles. The van der Waals surface area contributed by atoms with Gasteiger partial charge in [-0.2, -0.15) is 5.10 Å². The Morgan fingerprint density at radius 1 is 1.30 bits per heavy atom. The second kappa shape index (κ2) is 5.66.